The molecule has 0 radical (unpaired) electrons. The van der Waals surface area contributed by atoms with Gasteiger partial charge in [-0.3, -0.25) is 9.59 Å². The van der Waals surface area contributed by atoms with Crippen molar-refractivity contribution in [2.75, 3.05) is 25.1 Å². The molecule has 0 aliphatic carbocycles. The molecule has 8 heteroatoms. The van der Waals surface area contributed by atoms with Gasteiger partial charge in [-0.15, -0.1) is 0 Å². The van der Waals surface area contributed by atoms with Crippen molar-refractivity contribution in [2.24, 2.45) is 5.41 Å². The predicted octanol–water partition coefficient (Wildman–Crippen LogP) is 2.95. The monoisotopic (exact) mass is 502 g/mol. The Morgan fingerprint density at radius 2 is 1.92 bits per heavy atom. The van der Waals surface area contributed by atoms with E-state index in [1.54, 1.807) is 11.8 Å². The molecule has 5 atom stereocenters. The summed E-state index contributed by atoms with van der Waals surface area (Å²) >= 11 is 0. The van der Waals surface area contributed by atoms with Gasteiger partial charge in [0.15, 0.2) is 11.5 Å². The third-order valence-corrected chi connectivity index (χ3v) is 9.40. The Balaban J connectivity index is 1.36. The van der Waals surface area contributed by atoms with Gasteiger partial charge in [-0.25, -0.2) is 4.79 Å². The maximum absolute atomic E-state index is 14.7. The highest BCUT2D eigenvalue weighted by Gasteiger charge is 2.95. The molecule has 5 aliphatic heterocycles. The zero-order valence-electron chi connectivity index (χ0n) is 20.8. The SMILES string of the molecule is CCOC(=O)C12O[C@@]34N(CCC[C@@]3(CCOCc3ccccc3)C1=O)C(=O)C[C@@]41c3ccccc3N[C@@H]21. The first-order valence-electron chi connectivity index (χ1n) is 13.2. The molecule has 1 N–H and O–H groups in total. The number of para-hydroxylation sites is 1. The average Bonchev–Trinajstić information content (AvgIpc) is 3.54. The number of piperidine rings is 1. The van der Waals surface area contributed by atoms with Gasteiger partial charge in [0.05, 0.1) is 30.1 Å². The minimum atomic E-state index is -1.82. The molecule has 4 saturated heterocycles. The molecule has 2 bridgehead atoms. The molecule has 1 amide bonds. The minimum absolute atomic E-state index is 0.0371. The number of carbonyl (C=O) groups excluding carboxylic acids is 3. The summed E-state index contributed by atoms with van der Waals surface area (Å²) in [6.45, 7) is 3.08. The second-order valence-corrected chi connectivity index (χ2v) is 10.8. The van der Waals surface area contributed by atoms with Crippen LogP contribution >= 0.6 is 0 Å². The Labute approximate surface area is 215 Å². The largest absolute Gasteiger partial charge is 0.463 e. The highest BCUT2D eigenvalue weighted by Crippen LogP contribution is 2.77. The molecule has 7 rings (SSSR count). The predicted molar refractivity (Wildman–Crippen MR) is 132 cm³/mol. The van der Waals surface area contributed by atoms with E-state index in [-0.39, 0.29) is 24.7 Å². The lowest BCUT2D eigenvalue weighted by Crippen LogP contribution is -2.74. The topological polar surface area (TPSA) is 94.2 Å². The summed E-state index contributed by atoms with van der Waals surface area (Å²) in [6.07, 6.45) is 1.74. The van der Waals surface area contributed by atoms with Crippen LogP contribution in [-0.4, -0.2) is 59.7 Å². The van der Waals surface area contributed by atoms with Crippen LogP contribution < -0.4 is 5.32 Å². The number of carbonyl (C=O) groups is 3. The van der Waals surface area contributed by atoms with Gasteiger partial charge in [-0.2, -0.15) is 0 Å². The van der Waals surface area contributed by atoms with Gasteiger partial charge in [0.2, 0.25) is 11.5 Å². The number of hydrogen-bond donors (Lipinski definition) is 1. The summed E-state index contributed by atoms with van der Waals surface area (Å²) in [5, 5.41) is 3.45. The van der Waals surface area contributed by atoms with Crippen LogP contribution in [0.3, 0.4) is 0 Å². The first-order valence-corrected chi connectivity index (χ1v) is 13.2. The summed E-state index contributed by atoms with van der Waals surface area (Å²) in [6, 6.07) is 17.0. The number of ether oxygens (including phenoxy) is 3. The number of rotatable bonds is 7. The van der Waals surface area contributed by atoms with E-state index < -0.39 is 34.2 Å². The Morgan fingerprint density at radius 3 is 2.73 bits per heavy atom. The van der Waals surface area contributed by atoms with Gasteiger partial charge in [-0.1, -0.05) is 48.5 Å². The molecule has 37 heavy (non-hydrogen) atoms. The lowest BCUT2D eigenvalue weighted by molar-refractivity contribution is -0.213. The fourth-order valence-corrected chi connectivity index (χ4v) is 8.25. The zero-order chi connectivity index (χ0) is 25.5. The van der Waals surface area contributed by atoms with Gasteiger partial charge in [0.1, 0.15) is 0 Å². The van der Waals surface area contributed by atoms with E-state index in [1.807, 2.05) is 54.6 Å². The second kappa shape index (κ2) is 7.65. The van der Waals surface area contributed by atoms with Crippen LogP contribution in [0.25, 0.3) is 0 Å². The van der Waals surface area contributed by atoms with Crippen LogP contribution in [-0.2, 0) is 40.6 Å². The third-order valence-electron chi connectivity index (χ3n) is 9.40. The van der Waals surface area contributed by atoms with E-state index in [2.05, 4.69) is 5.32 Å². The van der Waals surface area contributed by atoms with Crippen molar-refractivity contribution in [3.63, 3.8) is 0 Å². The lowest BCUT2D eigenvalue weighted by atomic mass is 9.48. The normalized spacial score (nSPS) is 36.2. The van der Waals surface area contributed by atoms with Crippen molar-refractivity contribution in [3.8, 4) is 0 Å². The number of hydrogen-bond acceptors (Lipinski definition) is 7. The maximum atomic E-state index is 14.7. The molecule has 8 nitrogen and oxygen atoms in total. The molecule has 2 aromatic carbocycles. The number of anilines is 1. The fraction of sp³-hybridized carbons (Fsp3) is 0.483. The van der Waals surface area contributed by atoms with Crippen LogP contribution in [0.4, 0.5) is 5.69 Å². The number of amides is 1. The van der Waals surface area contributed by atoms with Crippen LogP contribution in [0, 0.1) is 5.41 Å². The van der Waals surface area contributed by atoms with Gasteiger partial charge < -0.3 is 24.4 Å². The van der Waals surface area contributed by atoms with E-state index in [0.29, 0.717) is 39.0 Å². The highest BCUT2D eigenvalue weighted by atomic mass is 16.6. The third kappa shape index (κ3) is 2.44. The first-order chi connectivity index (χ1) is 18.0. The number of fused-ring (bicyclic) bond motifs is 3. The van der Waals surface area contributed by atoms with Crippen molar-refractivity contribution in [1.29, 1.82) is 0 Å². The number of Topliss-reactive ketones (excluding diaryl/α,β-unsaturated/α-hetero) is 1. The number of esters is 1. The lowest BCUT2D eigenvalue weighted by Gasteiger charge is -2.56. The number of benzene rings is 2. The quantitative estimate of drug-likeness (QED) is 0.353. The minimum Gasteiger partial charge on any atom is -0.463 e. The molecule has 5 aliphatic rings. The van der Waals surface area contributed by atoms with Crippen molar-refractivity contribution < 1.29 is 28.6 Å². The molecule has 2 spiro atoms. The highest BCUT2D eigenvalue weighted by molar-refractivity contribution is 6.17. The van der Waals surface area contributed by atoms with E-state index in [4.69, 9.17) is 14.2 Å². The Hall–Kier alpha value is -3.23. The Bertz CT molecular complexity index is 1310. The molecular formula is C29H30N2O6. The molecule has 0 saturated carbocycles. The average molecular weight is 503 g/mol. The molecule has 5 heterocycles. The van der Waals surface area contributed by atoms with Gasteiger partial charge in [-0.05, 0) is 43.4 Å². The van der Waals surface area contributed by atoms with Gasteiger partial charge in [0.25, 0.3) is 0 Å². The van der Waals surface area contributed by atoms with Crippen LogP contribution in [0.2, 0.25) is 0 Å². The fourth-order valence-electron chi connectivity index (χ4n) is 8.25. The molecule has 2 aromatic rings. The van der Waals surface area contributed by atoms with Crippen molar-refractivity contribution in [1.82, 2.24) is 4.90 Å². The van der Waals surface area contributed by atoms with E-state index >= 15 is 0 Å². The summed E-state index contributed by atoms with van der Waals surface area (Å²) in [5.41, 5.74) is -2.21. The van der Waals surface area contributed by atoms with Gasteiger partial charge in [0, 0.05) is 25.3 Å². The standard InChI is InChI=1S/C29H30N2O6/c1-2-36-25(34)28-23-27(20-11-6-7-12-21(20)30-23)17-22(32)31-15-8-13-26(24(28)33,29(27,31)37-28)14-16-35-18-19-9-4-3-5-10-19/h3-7,9-12,23,30H,2,8,13-18H2,1H3/t23-,26-,27+,28?,29+/m1/s1. The summed E-state index contributed by atoms with van der Waals surface area (Å²) in [4.78, 5) is 43.8. The van der Waals surface area contributed by atoms with E-state index in [9.17, 15) is 14.4 Å². The van der Waals surface area contributed by atoms with Crippen LogP contribution in [0.1, 0.15) is 43.7 Å². The van der Waals surface area contributed by atoms with Crippen molar-refractivity contribution >= 4 is 23.3 Å². The smallest absolute Gasteiger partial charge is 0.348 e. The number of ketones is 1. The van der Waals surface area contributed by atoms with E-state index in [1.165, 1.54) is 0 Å². The van der Waals surface area contributed by atoms with E-state index in [0.717, 1.165) is 16.8 Å². The Morgan fingerprint density at radius 1 is 1.14 bits per heavy atom. The molecule has 4 fully saturated rings. The van der Waals surface area contributed by atoms with Crippen molar-refractivity contribution in [3.05, 3.63) is 65.7 Å². The molecule has 1 unspecified atom stereocenters. The van der Waals surface area contributed by atoms with Gasteiger partial charge >= 0.3 is 5.97 Å². The summed E-state index contributed by atoms with van der Waals surface area (Å²) < 4.78 is 18.4. The second-order valence-electron chi connectivity index (χ2n) is 10.8. The molecular weight excluding hydrogens is 472 g/mol. The summed E-state index contributed by atoms with van der Waals surface area (Å²) in [7, 11) is 0. The maximum Gasteiger partial charge on any atom is 0.348 e. The first kappa shape index (κ1) is 22.9. The molecule has 192 valence electrons. The van der Waals surface area contributed by atoms with Crippen LogP contribution in [0.15, 0.2) is 54.6 Å². The van der Waals surface area contributed by atoms with Crippen LogP contribution in [0.5, 0.6) is 0 Å². The van der Waals surface area contributed by atoms with Crippen molar-refractivity contribution in [2.45, 2.75) is 62.0 Å². The zero-order valence-corrected chi connectivity index (χ0v) is 20.8. The Kier molecular flexibility index (Phi) is 4.74. The number of nitrogens with zero attached hydrogens (tertiary/aromatic N) is 1. The summed E-state index contributed by atoms with van der Waals surface area (Å²) in [5.74, 6) is -0.980. The number of nitrogens with one attached hydrogen (secondary N) is 1. The molecule has 0 aromatic heterocycles.